The average Bonchev–Trinajstić information content (AvgIpc) is 2.60. The highest BCUT2D eigenvalue weighted by molar-refractivity contribution is 5.79. The van der Waals surface area contributed by atoms with E-state index in [9.17, 15) is 0 Å². The monoisotopic (exact) mass is 364 g/mol. The largest absolute Gasteiger partial charge is 0.491 e. The van der Waals surface area contributed by atoms with Crippen LogP contribution in [0.4, 0.5) is 0 Å². The molecule has 2 N–H and O–H groups in total. The van der Waals surface area contributed by atoms with E-state index in [4.69, 9.17) is 9.47 Å². The minimum absolute atomic E-state index is 0.191. The Labute approximate surface area is 159 Å². The third-order valence-corrected chi connectivity index (χ3v) is 3.73. The number of benzene rings is 1. The van der Waals surface area contributed by atoms with E-state index in [2.05, 4.69) is 46.6 Å². The van der Waals surface area contributed by atoms with Gasteiger partial charge in [-0.2, -0.15) is 0 Å². The highest BCUT2D eigenvalue weighted by atomic mass is 16.5. The molecule has 0 saturated carbocycles. The normalized spacial score (nSPS) is 11.9. The fourth-order valence-corrected chi connectivity index (χ4v) is 2.41. The third kappa shape index (κ3) is 10.3. The zero-order valence-corrected chi connectivity index (χ0v) is 17.0. The zero-order valence-electron chi connectivity index (χ0n) is 17.0. The minimum atomic E-state index is 0.191. The molecule has 0 aromatic heterocycles. The van der Waals surface area contributed by atoms with Gasteiger partial charge in [0.25, 0.3) is 0 Å². The summed E-state index contributed by atoms with van der Waals surface area (Å²) in [7, 11) is 3.87. The lowest BCUT2D eigenvalue weighted by Crippen LogP contribution is -2.41. The second-order valence-electron chi connectivity index (χ2n) is 6.58. The minimum Gasteiger partial charge on any atom is -0.491 e. The van der Waals surface area contributed by atoms with Gasteiger partial charge in [-0.1, -0.05) is 12.1 Å². The van der Waals surface area contributed by atoms with Crippen LogP contribution in [-0.4, -0.2) is 63.9 Å². The van der Waals surface area contributed by atoms with Crippen molar-refractivity contribution in [2.45, 2.75) is 39.8 Å². The van der Waals surface area contributed by atoms with E-state index in [1.165, 1.54) is 0 Å². The van der Waals surface area contributed by atoms with Gasteiger partial charge in [-0.05, 0) is 51.9 Å². The quantitative estimate of drug-likeness (QED) is 0.339. The molecular weight excluding hydrogens is 328 g/mol. The molecule has 0 unspecified atom stereocenters. The van der Waals surface area contributed by atoms with Gasteiger partial charge < -0.3 is 25.0 Å². The van der Waals surface area contributed by atoms with Gasteiger partial charge in [-0.15, -0.1) is 0 Å². The maximum absolute atomic E-state index is 5.67. The molecule has 6 heteroatoms. The molecule has 26 heavy (non-hydrogen) atoms. The second kappa shape index (κ2) is 13.4. The highest BCUT2D eigenvalue weighted by Gasteiger charge is 2.02. The molecule has 0 bridgehead atoms. The van der Waals surface area contributed by atoms with Gasteiger partial charge >= 0.3 is 0 Å². The summed E-state index contributed by atoms with van der Waals surface area (Å²) in [6, 6.07) is 8.13. The van der Waals surface area contributed by atoms with E-state index in [-0.39, 0.29) is 6.10 Å². The van der Waals surface area contributed by atoms with Crippen LogP contribution in [0.2, 0.25) is 0 Å². The average molecular weight is 365 g/mol. The number of nitrogens with one attached hydrogen (secondary N) is 2. The van der Waals surface area contributed by atoms with Crippen LogP contribution in [0.5, 0.6) is 5.75 Å². The first kappa shape index (κ1) is 22.3. The number of aliphatic imine (C=N–C) groups is 1. The maximum atomic E-state index is 5.67. The number of guanidine groups is 1. The number of rotatable bonds is 12. The van der Waals surface area contributed by atoms with Crippen LogP contribution in [0.15, 0.2) is 29.3 Å². The number of likely N-dealkylation sites (N-methyl/N-ethyl adjacent to an activating group) is 1. The molecule has 0 heterocycles. The van der Waals surface area contributed by atoms with Crippen LogP contribution in [0.25, 0.3) is 0 Å². The fraction of sp³-hybridized carbons (Fsp3) is 0.650. The van der Waals surface area contributed by atoms with E-state index in [0.29, 0.717) is 6.54 Å². The zero-order chi connectivity index (χ0) is 19.2. The van der Waals surface area contributed by atoms with Crippen molar-refractivity contribution in [3.05, 3.63) is 29.8 Å². The molecule has 0 saturated heterocycles. The van der Waals surface area contributed by atoms with Crippen molar-refractivity contribution in [1.82, 2.24) is 15.5 Å². The predicted molar refractivity (Wildman–Crippen MR) is 109 cm³/mol. The molecule has 148 valence electrons. The first-order valence-corrected chi connectivity index (χ1v) is 9.50. The van der Waals surface area contributed by atoms with Gasteiger partial charge in [-0.3, -0.25) is 0 Å². The van der Waals surface area contributed by atoms with Gasteiger partial charge in [0.05, 0.1) is 12.6 Å². The van der Waals surface area contributed by atoms with Crippen LogP contribution in [-0.2, 0) is 11.3 Å². The molecular formula is C20H36N4O2. The molecule has 6 nitrogen and oxygen atoms in total. The topological polar surface area (TPSA) is 58.1 Å². The number of hydrogen-bond donors (Lipinski definition) is 2. The summed E-state index contributed by atoms with van der Waals surface area (Å²) >= 11 is 0. The molecule has 0 fully saturated rings. The Balaban J connectivity index is 2.42. The van der Waals surface area contributed by atoms with Crippen molar-refractivity contribution in [2.24, 2.45) is 4.99 Å². The Morgan fingerprint density at radius 1 is 1.15 bits per heavy atom. The highest BCUT2D eigenvalue weighted by Crippen LogP contribution is 2.14. The Morgan fingerprint density at radius 3 is 2.50 bits per heavy atom. The Kier molecular flexibility index (Phi) is 11.5. The van der Waals surface area contributed by atoms with E-state index in [1.807, 2.05) is 26.0 Å². The second-order valence-corrected chi connectivity index (χ2v) is 6.58. The van der Waals surface area contributed by atoms with Crippen LogP contribution in [0.1, 0.15) is 32.8 Å². The maximum Gasteiger partial charge on any atom is 0.191 e. The van der Waals surface area contributed by atoms with Crippen molar-refractivity contribution in [2.75, 3.05) is 46.9 Å². The summed E-state index contributed by atoms with van der Waals surface area (Å²) in [5.41, 5.74) is 1.16. The lowest BCUT2D eigenvalue weighted by Gasteiger charge is -2.18. The van der Waals surface area contributed by atoms with Crippen molar-refractivity contribution in [3.63, 3.8) is 0 Å². The summed E-state index contributed by atoms with van der Waals surface area (Å²) < 4.78 is 10.8. The van der Waals surface area contributed by atoms with Crippen LogP contribution >= 0.6 is 0 Å². The van der Waals surface area contributed by atoms with Crippen LogP contribution in [0.3, 0.4) is 0 Å². The van der Waals surface area contributed by atoms with Gasteiger partial charge in [0, 0.05) is 39.9 Å². The molecule has 0 radical (unpaired) electrons. The molecule has 1 rings (SSSR count). The Hall–Kier alpha value is -1.79. The molecule has 0 aliphatic carbocycles. The van der Waals surface area contributed by atoms with E-state index < -0.39 is 0 Å². The Morgan fingerprint density at radius 2 is 1.88 bits per heavy atom. The number of hydrogen-bond acceptors (Lipinski definition) is 4. The molecule has 0 amide bonds. The number of nitrogens with zero attached hydrogens (tertiary/aromatic N) is 2. The van der Waals surface area contributed by atoms with Gasteiger partial charge in [0.2, 0.25) is 0 Å². The van der Waals surface area contributed by atoms with Crippen molar-refractivity contribution >= 4 is 5.96 Å². The molecule has 0 spiro atoms. The van der Waals surface area contributed by atoms with Crippen molar-refractivity contribution in [1.29, 1.82) is 0 Å². The van der Waals surface area contributed by atoms with Gasteiger partial charge in [-0.25, -0.2) is 4.99 Å². The van der Waals surface area contributed by atoms with Gasteiger partial charge in [0.1, 0.15) is 5.75 Å². The van der Waals surface area contributed by atoms with Crippen LogP contribution < -0.4 is 15.4 Å². The summed E-state index contributed by atoms with van der Waals surface area (Å²) in [5, 5.41) is 6.68. The first-order chi connectivity index (χ1) is 12.5. The van der Waals surface area contributed by atoms with E-state index in [0.717, 1.165) is 56.5 Å². The van der Waals surface area contributed by atoms with E-state index in [1.54, 1.807) is 7.11 Å². The summed E-state index contributed by atoms with van der Waals surface area (Å²) in [6.45, 7) is 11.3. The van der Waals surface area contributed by atoms with Crippen LogP contribution in [0, 0.1) is 0 Å². The molecule has 1 aromatic rings. The van der Waals surface area contributed by atoms with E-state index >= 15 is 0 Å². The smallest absolute Gasteiger partial charge is 0.191 e. The lowest BCUT2D eigenvalue weighted by molar-refractivity contribution is 0.180. The first-order valence-electron chi connectivity index (χ1n) is 9.50. The summed E-state index contributed by atoms with van der Waals surface area (Å²) in [4.78, 5) is 6.96. The molecule has 0 aliphatic rings. The molecule has 0 aliphatic heterocycles. The van der Waals surface area contributed by atoms with Gasteiger partial charge in [0.15, 0.2) is 5.96 Å². The van der Waals surface area contributed by atoms with Crippen molar-refractivity contribution < 1.29 is 9.47 Å². The SMILES string of the molecule is CCNC(=NCc1ccc(OC(C)C)cc1)NCCN(C)CCCOC. The molecule has 0 atom stereocenters. The fourth-order valence-electron chi connectivity index (χ4n) is 2.41. The van der Waals surface area contributed by atoms with Crippen molar-refractivity contribution in [3.8, 4) is 5.75 Å². The standard InChI is InChI=1S/C20H36N4O2/c1-6-21-20(22-12-14-24(4)13-7-15-25-5)23-16-18-8-10-19(11-9-18)26-17(2)3/h8-11,17H,6-7,12-16H2,1-5H3,(H2,21,22,23). The summed E-state index contributed by atoms with van der Waals surface area (Å²) in [5.74, 6) is 1.74. The summed E-state index contributed by atoms with van der Waals surface area (Å²) in [6.07, 6.45) is 1.24. The number of methoxy groups -OCH3 is 1. The Bertz CT molecular complexity index is 503. The number of ether oxygens (including phenoxy) is 2. The third-order valence-electron chi connectivity index (χ3n) is 3.73. The molecule has 1 aromatic carbocycles. The predicted octanol–water partition coefficient (Wildman–Crippen LogP) is 2.50. The lowest BCUT2D eigenvalue weighted by atomic mass is 10.2.